The van der Waals surface area contributed by atoms with Crippen LogP contribution in [-0.2, 0) is 11.3 Å². The standard InChI is InChI=1S/C24H24BrNO2/c1-2-3-7-24(28)26(22-6-4-5-21(25)16-22)17-18-8-10-19(11-9-18)20-12-14-23(27)15-13-20/h4-6,8-16,27H,2-3,7,17H2,1H3. The number of hydrogen-bond donors (Lipinski definition) is 1. The fourth-order valence-corrected chi connectivity index (χ4v) is 3.46. The second-order valence-corrected chi connectivity index (χ2v) is 7.72. The number of benzene rings is 3. The van der Waals surface area contributed by atoms with Crippen molar-refractivity contribution in [2.75, 3.05) is 4.90 Å². The first-order chi connectivity index (χ1) is 13.6. The Morgan fingerprint density at radius 3 is 2.21 bits per heavy atom. The summed E-state index contributed by atoms with van der Waals surface area (Å²) in [5.41, 5.74) is 4.10. The van der Waals surface area contributed by atoms with Gasteiger partial charge in [0.1, 0.15) is 5.75 Å². The first-order valence-electron chi connectivity index (χ1n) is 9.51. The maximum Gasteiger partial charge on any atom is 0.227 e. The van der Waals surface area contributed by atoms with E-state index >= 15 is 0 Å². The highest BCUT2D eigenvalue weighted by atomic mass is 79.9. The smallest absolute Gasteiger partial charge is 0.227 e. The summed E-state index contributed by atoms with van der Waals surface area (Å²) in [6, 6.07) is 23.2. The monoisotopic (exact) mass is 437 g/mol. The summed E-state index contributed by atoms with van der Waals surface area (Å²) in [6.07, 6.45) is 2.44. The average molecular weight is 438 g/mol. The third-order valence-corrected chi connectivity index (χ3v) is 5.15. The van der Waals surface area contributed by atoms with E-state index in [0.29, 0.717) is 13.0 Å². The molecule has 1 N–H and O–H groups in total. The zero-order chi connectivity index (χ0) is 19.9. The minimum Gasteiger partial charge on any atom is -0.508 e. The summed E-state index contributed by atoms with van der Waals surface area (Å²) in [6.45, 7) is 2.63. The van der Waals surface area contributed by atoms with E-state index in [1.54, 1.807) is 12.1 Å². The van der Waals surface area contributed by atoms with E-state index in [4.69, 9.17) is 0 Å². The van der Waals surface area contributed by atoms with Crippen molar-refractivity contribution in [2.24, 2.45) is 0 Å². The maximum absolute atomic E-state index is 12.8. The molecule has 0 heterocycles. The second kappa shape index (κ2) is 9.56. The molecule has 4 heteroatoms. The number of rotatable bonds is 7. The van der Waals surface area contributed by atoms with Gasteiger partial charge in [-0.05, 0) is 53.4 Å². The molecule has 0 aliphatic heterocycles. The van der Waals surface area contributed by atoms with Crippen LogP contribution in [0, 0.1) is 0 Å². The van der Waals surface area contributed by atoms with Gasteiger partial charge < -0.3 is 10.0 Å². The van der Waals surface area contributed by atoms with E-state index in [0.717, 1.165) is 39.7 Å². The molecule has 0 radical (unpaired) electrons. The van der Waals surface area contributed by atoms with Crippen molar-refractivity contribution in [3.05, 3.63) is 82.8 Å². The number of phenolic OH excluding ortho intramolecular Hbond substituents is 1. The van der Waals surface area contributed by atoms with Crippen LogP contribution >= 0.6 is 15.9 Å². The van der Waals surface area contributed by atoms with Crippen LogP contribution in [0.3, 0.4) is 0 Å². The van der Waals surface area contributed by atoms with Gasteiger partial charge in [-0.25, -0.2) is 0 Å². The first kappa shape index (κ1) is 20.2. The topological polar surface area (TPSA) is 40.5 Å². The Morgan fingerprint density at radius 1 is 0.964 bits per heavy atom. The van der Waals surface area contributed by atoms with Crippen molar-refractivity contribution in [1.82, 2.24) is 0 Å². The van der Waals surface area contributed by atoms with Gasteiger partial charge in [-0.1, -0.05) is 71.7 Å². The van der Waals surface area contributed by atoms with E-state index < -0.39 is 0 Å². The Hall–Kier alpha value is -2.59. The molecular weight excluding hydrogens is 414 g/mol. The molecule has 3 aromatic rings. The lowest BCUT2D eigenvalue weighted by Gasteiger charge is -2.23. The fraction of sp³-hybridized carbons (Fsp3) is 0.208. The number of halogens is 1. The molecule has 3 aromatic carbocycles. The first-order valence-corrected chi connectivity index (χ1v) is 10.3. The van der Waals surface area contributed by atoms with Crippen LogP contribution in [0.4, 0.5) is 5.69 Å². The van der Waals surface area contributed by atoms with Crippen molar-refractivity contribution in [2.45, 2.75) is 32.7 Å². The zero-order valence-electron chi connectivity index (χ0n) is 15.9. The maximum atomic E-state index is 12.8. The Bertz CT molecular complexity index is 920. The van der Waals surface area contributed by atoms with Crippen LogP contribution in [0.25, 0.3) is 11.1 Å². The third kappa shape index (κ3) is 5.23. The molecule has 3 nitrogen and oxygen atoms in total. The van der Waals surface area contributed by atoms with E-state index in [-0.39, 0.29) is 11.7 Å². The van der Waals surface area contributed by atoms with Gasteiger partial charge in [0.25, 0.3) is 0 Å². The molecule has 3 rings (SSSR count). The molecule has 0 atom stereocenters. The van der Waals surface area contributed by atoms with Crippen LogP contribution in [0.1, 0.15) is 31.7 Å². The lowest BCUT2D eigenvalue weighted by Crippen LogP contribution is -2.30. The SMILES string of the molecule is CCCCC(=O)N(Cc1ccc(-c2ccc(O)cc2)cc1)c1cccc(Br)c1. The van der Waals surface area contributed by atoms with Crippen LogP contribution < -0.4 is 4.90 Å². The number of anilines is 1. The molecule has 0 unspecified atom stereocenters. The number of carbonyl (C=O) groups excluding carboxylic acids is 1. The predicted molar refractivity (Wildman–Crippen MR) is 118 cm³/mol. The van der Waals surface area contributed by atoms with E-state index in [1.165, 1.54) is 0 Å². The summed E-state index contributed by atoms with van der Waals surface area (Å²) in [5, 5.41) is 9.45. The summed E-state index contributed by atoms with van der Waals surface area (Å²) in [7, 11) is 0. The van der Waals surface area contributed by atoms with Crippen molar-refractivity contribution in [3.8, 4) is 16.9 Å². The van der Waals surface area contributed by atoms with E-state index in [9.17, 15) is 9.90 Å². The lowest BCUT2D eigenvalue weighted by atomic mass is 10.0. The number of amides is 1. The van der Waals surface area contributed by atoms with Crippen LogP contribution in [0.15, 0.2) is 77.3 Å². The van der Waals surface area contributed by atoms with Crippen LogP contribution in [0.5, 0.6) is 5.75 Å². The minimum atomic E-state index is 0.141. The summed E-state index contributed by atoms with van der Waals surface area (Å²) in [5.74, 6) is 0.401. The molecule has 0 fully saturated rings. The van der Waals surface area contributed by atoms with Gasteiger partial charge in [0.2, 0.25) is 5.91 Å². The van der Waals surface area contributed by atoms with Gasteiger partial charge in [0.05, 0.1) is 6.54 Å². The minimum absolute atomic E-state index is 0.141. The van der Waals surface area contributed by atoms with Crippen LogP contribution in [0.2, 0.25) is 0 Å². The molecule has 0 aromatic heterocycles. The zero-order valence-corrected chi connectivity index (χ0v) is 17.5. The molecule has 28 heavy (non-hydrogen) atoms. The van der Waals surface area contributed by atoms with Gasteiger partial charge in [-0.2, -0.15) is 0 Å². The summed E-state index contributed by atoms with van der Waals surface area (Å²) >= 11 is 3.50. The van der Waals surface area contributed by atoms with Gasteiger partial charge >= 0.3 is 0 Å². The highest BCUT2D eigenvalue weighted by Gasteiger charge is 2.16. The second-order valence-electron chi connectivity index (χ2n) is 6.81. The number of aromatic hydroxyl groups is 1. The van der Waals surface area contributed by atoms with Crippen molar-refractivity contribution in [1.29, 1.82) is 0 Å². The molecule has 0 aliphatic rings. The highest BCUT2D eigenvalue weighted by molar-refractivity contribution is 9.10. The molecule has 0 bridgehead atoms. The quantitative estimate of drug-likeness (QED) is 0.455. The Labute approximate surface area is 174 Å². The molecule has 0 saturated carbocycles. The number of nitrogens with zero attached hydrogens (tertiary/aromatic N) is 1. The van der Waals surface area contributed by atoms with Gasteiger partial charge in [-0.15, -0.1) is 0 Å². The van der Waals surface area contributed by atoms with Gasteiger partial charge in [0, 0.05) is 16.6 Å². The Morgan fingerprint density at radius 2 is 1.61 bits per heavy atom. The van der Waals surface area contributed by atoms with Crippen molar-refractivity contribution in [3.63, 3.8) is 0 Å². The fourth-order valence-electron chi connectivity index (χ4n) is 3.07. The summed E-state index contributed by atoms with van der Waals surface area (Å²) in [4.78, 5) is 14.7. The molecule has 144 valence electrons. The molecule has 0 aliphatic carbocycles. The van der Waals surface area contributed by atoms with E-state index in [1.807, 2.05) is 41.3 Å². The van der Waals surface area contributed by atoms with Crippen LogP contribution in [-0.4, -0.2) is 11.0 Å². The van der Waals surface area contributed by atoms with Gasteiger partial charge in [-0.3, -0.25) is 4.79 Å². The molecule has 0 spiro atoms. The molecule has 0 saturated heterocycles. The van der Waals surface area contributed by atoms with E-state index in [2.05, 4.69) is 47.1 Å². The van der Waals surface area contributed by atoms with Crippen molar-refractivity contribution < 1.29 is 9.90 Å². The number of carbonyl (C=O) groups is 1. The average Bonchev–Trinajstić information content (AvgIpc) is 2.71. The number of unbranched alkanes of at least 4 members (excludes halogenated alkanes) is 1. The molecular formula is C24H24BrNO2. The van der Waals surface area contributed by atoms with Crippen molar-refractivity contribution >= 4 is 27.5 Å². The largest absolute Gasteiger partial charge is 0.508 e. The number of hydrogen-bond acceptors (Lipinski definition) is 2. The summed E-state index contributed by atoms with van der Waals surface area (Å²) < 4.78 is 0.959. The Balaban J connectivity index is 1.81. The highest BCUT2D eigenvalue weighted by Crippen LogP contribution is 2.25. The normalized spacial score (nSPS) is 10.6. The molecule has 1 amide bonds. The number of phenols is 1. The predicted octanol–water partition coefficient (Wildman–Crippen LogP) is 6.55. The Kier molecular flexibility index (Phi) is 6.88. The van der Waals surface area contributed by atoms with Gasteiger partial charge in [0.15, 0.2) is 0 Å². The lowest BCUT2D eigenvalue weighted by molar-refractivity contribution is -0.118. The third-order valence-electron chi connectivity index (χ3n) is 4.66.